The zero-order valence-electron chi connectivity index (χ0n) is 11.3. The molecule has 1 aromatic rings. The zero-order chi connectivity index (χ0) is 13.8. The maximum atomic E-state index is 13.1. The van der Waals surface area contributed by atoms with E-state index in [-0.39, 0.29) is 17.8 Å². The highest BCUT2D eigenvalue weighted by Crippen LogP contribution is 2.23. The van der Waals surface area contributed by atoms with Crippen molar-refractivity contribution >= 4 is 5.91 Å². The minimum atomic E-state index is -0.261. The standard InChI is InChI=1S/C15H21FN2O/c1-11(15(17)19)18-7-5-12(6-8-18)9-13-3-2-4-14(16)10-13/h2-4,10-12H,5-9H2,1H3,(H2,17,19). The Labute approximate surface area is 113 Å². The average Bonchev–Trinajstić information content (AvgIpc) is 2.39. The quantitative estimate of drug-likeness (QED) is 0.903. The maximum Gasteiger partial charge on any atom is 0.234 e. The fraction of sp³-hybridized carbons (Fsp3) is 0.533. The van der Waals surface area contributed by atoms with E-state index in [0.717, 1.165) is 37.9 Å². The number of nitrogens with zero attached hydrogens (tertiary/aromatic N) is 1. The van der Waals surface area contributed by atoms with Crippen LogP contribution in [0.1, 0.15) is 25.3 Å². The zero-order valence-corrected chi connectivity index (χ0v) is 11.3. The van der Waals surface area contributed by atoms with Gasteiger partial charge in [0.05, 0.1) is 6.04 Å². The fourth-order valence-corrected chi connectivity index (χ4v) is 2.72. The van der Waals surface area contributed by atoms with Crippen LogP contribution in [0, 0.1) is 11.7 Å². The van der Waals surface area contributed by atoms with Crippen LogP contribution in [0.25, 0.3) is 0 Å². The summed E-state index contributed by atoms with van der Waals surface area (Å²) in [5.74, 6) is 0.138. The van der Waals surface area contributed by atoms with E-state index in [9.17, 15) is 9.18 Å². The van der Waals surface area contributed by atoms with E-state index in [1.165, 1.54) is 6.07 Å². The number of nitrogens with two attached hydrogens (primary N) is 1. The lowest BCUT2D eigenvalue weighted by Gasteiger charge is -2.34. The third-order valence-corrected chi connectivity index (χ3v) is 4.02. The van der Waals surface area contributed by atoms with Gasteiger partial charge >= 0.3 is 0 Å². The van der Waals surface area contributed by atoms with Gasteiger partial charge in [0, 0.05) is 0 Å². The molecule has 0 radical (unpaired) electrons. The number of likely N-dealkylation sites (tertiary alicyclic amines) is 1. The summed E-state index contributed by atoms with van der Waals surface area (Å²) >= 11 is 0. The first kappa shape index (κ1) is 14.0. The molecule has 0 spiro atoms. The molecule has 1 heterocycles. The molecule has 1 unspecified atom stereocenters. The van der Waals surface area contributed by atoms with Crippen LogP contribution in [0.2, 0.25) is 0 Å². The van der Waals surface area contributed by atoms with Gasteiger partial charge in [0.25, 0.3) is 0 Å². The number of rotatable bonds is 4. The van der Waals surface area contributed by atoms with Crippen LogP contribution in [0.3, 0.4) is 0 Å². The van der Waals surface area contributed by atoms with Crippen molar-refractivity contribution in [3.63, 3.8) is 0 Å². The fourth-order valence-electron chi connectivity index (χ4n) is 2.72. The summed E-state index contributed by atoms with van der Waals surface area (Å²) in [6.45, 7) is 3.64. The van der Waals surface area contributed by atoms with Gasteiger partial charge in [0.2, 0.25) is 5.91 Å². The molecule has 1 saturated heterocycles. The van der Waals surface area contributed by atoms with E-state index in [4.69, 9.17) is 5.73 Å². The lowest BCUT2D eigenvalue weighted by atomic mass is 9.89. The van der Waals surface area contributed by atoms with Gasteiger partial charge in [0.1, 0.15) is 5.82 Å². The Morgan fingerprint density at radius 3 is 2.74 bits per heavy atom. The number of piperidine rings is 1. The molecule has 1 fully saturated rings. The summed E-state index contributed by atoms with van der Waals surface area (Å²) in [7, 11) is 0. The van der Waals surface area contributed by atoms with Gasteiger partial charge in [0.15, 0.2) is 0 Å². The normalized spacial score (nSPS) is 19.3. The second-order valence-electron chi connectivity index (χ2n) is 5.39. The van der Waals surface area contributed by atoms with Crippen LogP contribution < -0.4 is 5.73 Å². The molecule has 2 N–H and O–H groups in total. The van der Waals surface area contributed by atoms with Crippen LogP contribution >= 0.6 is 0 Å². The lowest BCUT2D eigenvalue weighted by Crippen LogP contribution is -2.46. The number of hydrogen-bond acceptors (Lipinski definition) is 2. The molecule has 104 valence electrons. The molecule has 19 heavy (non-hydrogen) atoms. The van der Waals surface area contributed by atoms with Crippen molar-refractivity contribution in [3.8, 4) is 0 Å². The van der Waals surface area contributed by atoms with Crippen molar-refractivity contribution in [1.82, 2.24) is 4.90 Å². The van der Waals surface area contributed by atoms with Crippen LogP contribution in [0.15, 0.2) is 24.3 Å². The first-order valence-corrected chi connectivity index (χ1v) is 6.84. The number of amides is 1. The molecule has 1 aliphatic rings. The highest BCUT2D eigenvalue weighted by atomic mass is 19.1. The highest BCUT2D eigenvalue weighted by molar-refractivity contribution is 5.79. The number of primary amides is 1. The summed E-state index contributed by atoms with van der Waals surface area (Å²) < 4.78 is 13.1. The van der Waals surface area contributed by atoms with E-state index < -0.39 is 0 Å². The minimum Gasteiger partial charge on any atom is -0.368 e. The maximum absolute atomic E-state index is 13.1. The van der Waals surface area contributed by atoms with Crippen molar-refractivity contribution < 1.29 is 9.18 Å². The Hall–Kier alpha value is -1.42. The molecule has 1 amide bonds. The van der Waals surface area contributed by atoms with Crippen LogP contribution in [-0.4, -0.2) is 29.9 Å². The Morgan fingerprint density at radius 2 is 2.16 bits per heavy atom. The van der Waals surface area contributed by atoms with Crippen molar-refractivity contribution in [1.29, 1.82) is 0 Å². The van der Waals surface area contributed by atoms with Crippen molar-refractivity contribution in [2.75, 3.05) is 13.1 Å². The summed E-state index contributed by atoms with van der Waals surface area (Å²) in [6, 6.07) is 6.63. The second-order valence-corrected chi connectivity index (χ2v) is 5.39. The number of hydrogen-bond donors (Lipinski definition) is 1. The predicted molar refractivity (Wildman–Crippen MR) is 73.1 cm³/mol. The highest BCUT2D eigenvalue weighted by Gasteiger charge is 2.25. The molecule has 0 aliphatic carbocycles. The molecule has 4 heteroatoms. The third-order valence-electron chi connectivity index (χ3n) is 4.02. The molecule has 3 nitrogen and oxygen atoms in total. The number of carbonyl (C=O) groups excluding carboxylic acids is 1. The van der Waals surface area contributed by atoms with Gasteiger partial charge < -0.3 is 5.73 Å². The van der Waals surface area contributed by atoms with Gasteiger partial charge in [-0.25, -0.2) is 4.39 Å². The number of benzene rings is 1. The summed E-state index contributed by atoms with van der Waals surface area (Å²) in [6.07, 6.45) is 2.98. The number of halogens is 1. The molecular weight excluding hydrogens is 243 g/mol. The Bertz CT molecular complexity index is 442. The van der Waals surface area contributed by atoms with Gasteiger partial charge in [-0.1, -0.05) is 12.1 Å². The average molecular weight is 264 g/mol. The smallest absolute Gasteiger partial charge is 0.234 e. The Morgan fingerprint density at radius 1 is 1.47 bits per heavy atom. The van der Waals surface area contributed by atoms with E-state index in [2.05, 4.69) is 4.90 Å². The third kappa shape index (κ3) is 3.77. The summed E-state index contributed by atoms with van der Waals surface area (Å²) in [4.78, 5) is 13.3. The molecule has 1 atom stereocenters. The predicted octanol–water partition coefficient (Wildman–Crippen LogP) is 1.95. The van der Waals surface area contributed by atoms with E-state index in [0.29, 0.717) is 5.92 Å². The van der Waals surface area contributed by atoms with Crippen LogP contribution in [0.4, 0.5) is 4.39 Å². The van der Waals surface area contributed by atoms with Crippen molar-refractivity contribution in [2.24, 2.45) is 11.7 Å². The van der Waals surface area contributed by atoms with E-state index >= 15 is 0 Å². The van der Waals surface area contributed by atoms with Gasteiger partial charge in [-0.05, 0) is 62.9 Å². The van der Waals surface area contributed by atoms with E-state index in [1.807, 2.05) is 13.0 Å². The van der Waals surface area contributed by atoms with Gasteiger partial charge in [-0.2, -0.15) is 0 Å². The van der Waals surface area contributed by atoms with Crippen molar-refractivity contribution in [2.45, 2.75) is 32.2 Å². The minimum absolute atomic E-state index is 0.169. The molecule has 1 aliphatic heterocycles. The number of carbonyl (C=O) groups is 1. The molecule has 1 aromatic carbocycles. The molecule has 0 bridgehead atoms. The summed E-state index contributed by atoms with van der Waals surface area (Å²) in [5, 5.41) is 0. The monoisotopic (exact) mass is 264 g/mol. The van der Waals surface area contributed by atoms with Crippen LogP contribution in [-0.2, 0) is 11.2 Å². The van der Waals surface area contributed by atoms with Crippen LogP contribution in [0.5, 0.6) is 0 Å². The van der Waals surface area contributed by atoms with Gasteiger partial charge in [-0.15, -0.1) is 0 Å². The molecule has 0 saturated carbocycles. The SMILES string of the molecule is CC(C(N)=O)N1CCC(Cc2cccc(F)c2)CC1. The topological polar surface area (TPSA) is 46.3 Å². The first-order valence-electron chi connectivity index (χ1n) is 6.84. The van der Waals surface area contributed by atoms with Crippen molar-refractivity contribution in [3.05, 3.63) is 35.6 Å². The van der Waals surface area contributed by atoms with Gasteiger partial charge in [-0.3, -0.25) is 9.69 Å². The van der Waals surface area contributed by atoms with E-state index in [1.54, 1.807) is 12.1 Å². The largest absolute Gasteiger partial charge is 0.368 e. The molecular formula is C15H21FN2O. The summed E-state index contributed by atoms with van der Waals surface area (Å²) in [5.41, 5.74) is 6.38. The Kier molecular flexibility index (Phi) is 4.53. The molecule has 2 rings (SSSR count). The lowest BCUT2D eigenvalue weighted by molar-refractivity contribution is -0.123. The second kappa shape index (κ2) is 6.15. The Balaban J connectivity index is 1.85. The first-order chi connectivity index (χ1) is 9.06. The molecule has 0 aromatic heterocycles.